The summed E-state index contributed by atoms with van der Waals surface area (Å²) in [7, 11) is 1.72. The molecule has 0 aliphatic carbocycles. The average molecular weight is 279 g/mol. The Morgan fingerprint density at radius 1 is 1.15 bits per heavy atom. The van der Waals surface area contributed by atoms with Crippen molar-refractivity contribution >= 4 is 0 Å². The summed E-state index contributed by atoms with van der Waals surface area (Å²) in [6.07, 6.45) is 3.04. The minimum atomic E-state index is 0.00376. The third-order valence-corrected chi connectivity index (χ3v) is 3.54. The number of ether oxygens (including phenoxy) is 1. The van der Waals surface area contributed by atoms with Crippen molar-refractivity contribution in [2.45, 2.75) is 66.0 Å². The molecule has 0 aliphatic rings. The first-order valence-electron chi connectivity index (χ1n) is 7.59. The number of aryl methyl sites for hydroxylation is 2. The Morgan fingerprint density at radius 2 is 1.75 bits per heavy atom. The highest BCUT2D eigenvalue weighted by Gasteiger charge is 2.15. The average Bonchev–Trinajstić information content (AvgIpc) is 2.38. The molecule has 0 fully saturated rings. The molecule has 1 atom stereocenters. The van der Waals surface area contributed by atoms with Gasteiger partial charge in [-0.3, -0.25) is 0 Å². The van der Waals surface area contributed by atoms with Gasteiger partial charge in [-0.15, -0.1) is 0 Å². The number of methoxy groups -OCH3 is 1. The summed E-state index contributed by atoms with van der Waals surface area (Å²) in [6.45, 7) is 11.6. The molecule has 1 unspecified atom stereocenters. The van der Waals surface area contributed by atoms with Crippen molar-refractivity contribution in [3.05, 3.63) is 22.8 Å². The lowest BCUT2D eigenvalue weighted by molar-refractivity contribution is 0.0922. The van der Waals surface area contributed by atoms with Gasteiger partial charge in [0.1, 0.15) is 6.10 Å². The van der Waals surface area contributed by atoms with Crippen molar-refractivity contribution in [3.8, 4) is 0 Å². The number of aromatic nitrogens is 2. The molecular weight excluding hydrogens is 250 g/mol. The van der Waals surface area contributed by atoms with Crippen LogP contribution < -0.4 is 5.32 Å². The van der Waals surface area contributed by atoms with E-state index >= 15 is 0 Å². The third-order valence-electron chi connectivity index (χ3n) is 3.54. The fraction of sp³-hybridized carbons (Fsp3) is 0.750. The second kappa shape index (κ2) is 8.32. The van der Waals surface area contributed by atoms with Gasteiger partial charge in [0, 0.05) is 24.5 Å². The molecule has 1 rings (SSSR count). The summed E-state index contributed by atoms with van der Waals surface area (Å²) in [5.74, 6) is 0.814. The molecule has 0 bridgehead atoms. The van der Waals surface area contributed by atoms with Gasteiger partial charge in [-0.05, 0) is 45.2 Å². The van der Waals surface area contributed by atoms with E-state index in [1.54, 1.807) is 7.11 Å². The molecule has 0 saturated carbocycles. The summed E-state index contributed by atoms with van der Waals surface area (Å²) in [5.41, 5.74) is 3.46. The summed E-state index contributed by atoms with van der Waals surface area (Å²) < 4.78 is 5.43. The van der Waals surface area contributed by atoms with E-state index in [1.807, 2.05) is 0 Å². The van der Waals surface area contributed by atoms with Crippen molar-refractivity contribution in [1.29, 1.82) is 0 Å². The molecule has 0 amide bonds. The van der Waals surface area contributed by atoms with Crippen LogP contribution in [-0.2, 0) is 11.2 Å². The van der Waals surface area contributed by atoms with Gasteiger partial charge in [0.15, 0.2) is 5.82 Å². The van der Waals surface area contributed by atoms with Crippen molar-refractivity contribution in [3.63, 3.8) is 0 Å². The summed E-state index contributed by atoms with van der Waals surface area (Å²) in [4.78, 5) is 9.27. The number of nitrogens with one attached hydrogen (secondary N) is 1. The van der Waals surface area contributed by atoms with Gasteiger partial charge in [0.2, 0.25) is 0 Å². The highest BCUT2D eigenvalue weighted by Crippen LogP contribution is 2.20. The van der Waals surface area contributed by atoms with Crippen LogP contribution in [0.3, 0.4) is 0 Å². The Bertz CT molecular complexity index is 391. The maximum Gasteiger partial charge on any atom is 0.157 e. The van der Waals surface area contributed by atoms with E-state index in [0.29, 0.717) is 6.04 Å². The first-order chi connectivity index (χ1) is 9.49. The van der Waals surface area contributed by atoms with Gasteiger partial charge in [0.05, 0.1) is 0 Å². The summed E-state index contributed by atoms with van der Waals surface area (Å²) in [6, 6.07) is 0.544. The first-order valence-corrected chi connectivity index (χ1v) is 7.59. The molecule has 0 aromatic carbocycles. The van der Waals surface area contributed by atoms with Gasteiger partial charge in [0.25, 0.3) is 0 Å². The van der Waals surface area contributed by atoms with E-state index in [9.17, 15) is 0 Å². The topological polar surface area (TPSA) is 47.0 Å². The lowest BCUT2D eigenvalue weighted by atomic mass is 10.1. The first kappa shape index (κ1) is 17.1. The maximum absolute atomic E-state index is 5.43. The monoisotopic (exact) mass is 279 g/mol. The largest absolute Gasteiger partial charge is 0.373 e. The summed E-state index contributed by atoms with van der Waals surface area (Å²) >= 11 is 0. The zero-order chi connectivity index (χ0) is 15.1. The van der Waals surface area contributed by atoms with Gasteiger partial charge < -0.3 is 10.1 Å². The molecule has 4 nitrogen and oxygen atoms in total. The molecule has 0 aliphatic heterocycles. The van der Waals surface area contributed by atoms with Gasteiger partial charge in [-0.25, -0.2) is 9.97 Å². The zero-order valence-electron chi connectivity index (χ0n) is 13.8. The molecule has 0 radical (unpaired) electrons. The SMILES string of the molecule is CCC(OC)c1nc(C)c(CCCNC(C)C)c(C)n1. The van der Waals surface area contributed by atoms with E-state index in [-0.39, 0.29) is 6.10 Å². The second-order valence-electron chi connectivity index (χ2n) is 5.58. The van der Waals surface area contributed by atoms with Crippen molar-refractivity contribution < 1.29 is 4.74 Å². The van der Waals surface area contributed by atoms with Gasteiger partial charge in [-0.1, -0.05) is 20.8 Å². The maximum atomic E-state index is 5.43. The minimum Gasteiger partial charge on any atom is -0.373 e. The van der Waals surface area contributed by atoms with E-state index in [0.717, 1.165) is 43.0 Å². The molecule has 0 spiro atoms. The van der Waals surface area contributed by atoms with E-state index < -0.39 is 0 Å². The van der Waals surface area contributed by atoms with Crippen molar-refractivity contribution in [1.82, 2.24) is 15.3 Å². The minimum absolute atomic E-state index is 0.00376. The van der Waals surface area contributed by atoms with Crippen LogP contribution in [0.25, 0.3) is 0 Å². The lowest BCUT2D eigenvalue weighted by Gasteiger charge is -2.16. The van der Waals surface area contributed by atoms with Crippen LogP contribution in [0.2, 0.25) is 0 Å². The normalized spacial score (nSPS) is 12.9. The standard InChI is InChI=1S/C16H29N3O/c1-7-15(20-6)16-18-12(4)14(13(5)19-16)9-8-10-17-11(2)3/h11,15,17H,7-10H2,1-6H3. The Hall–Kier alpha value is -1.00. The Labute approximate surface area is 123 Å². The lowest BCUT2D eigenvalue weighted by Crippen LogP contribution is -2.24. The van der Waals surface area contributed by atoms with Crippen LogP contribution in [0.15, 0.2) is 0 Å². The number of nitrogens with zero attached hydrogens (tertiary/aromatic N) is 2. The van der Waals surface area contributed by atoms with Crippen LogP contribution in [0, 0.1) is 13.8 Å². The quantitative estimate of drug-likeness (QED) is 0.743. The van der Waals surface area contributed by atoms with Gasteiger partial charge >= 0.3 is 0 Å². The van der Waals surface area contributed by atoms with Crippen molar-refractivity contribution in [2.75, 3.05) is 13.7 Å². The number of hydrogen-bond acceptors (Lipinski definition) is 4. The highest BCUT2D eigenvalue weighted by molar-refractivity contribution is 5.25. The fourth-order valence-corrected chi connectivity index (χ4v) is 2.38. The predicted octanol–water partition coefficient (Wildman–Crippen LogP) is 3.12. The molecule has 20 heavy (non-hydrogen) atoms. The smallest absolute Gasteiger partial charge is 0.157 e. The molecular formula is C16H29N3O. The molecule has 1 aromatic heterocycles. The van der Waals surface area contributed by atoms with Gasteiger partial charge in [-0.2, -0.15) is 0 Å². The molecule has 114 valence electrons. The van der Waals surface area contributed by atoms with E-state index in [1.165, 1.54) is 5.56 Å². The molecule has 0 saturated heterocycles. The highest BCUT2D eigenvalue weighted by atomic mass is 16.5. The molecule has 1 heterocycles. The fourth-order valence-electron chi connectivity index (χ4n) is 2.38. The van der Waals surface area contributed by atoms with Crippen LogP contribution in [-0.4, -0.2) is 29.7 Å². The van der Waals surface area contributed by atoms with E-state index in [4.69, 9.17) is 4.74 Å². The molecule has 4 heteroatoms. The van der Waals surface area contributed by atoms with Crippen LogP contribution in [0.5, 0.6) is 0 Å². The van der Waals surface area contributed by atoms with Crippen LogP contribution in [0.4, 0.5) is 0 Å². The second-order valence-corrected chi connectivity index (χ2v) is 5.58. The van der Waals surface area contributed by atoms with E-state index in [2.05, 4.69) is 49.9 Å². The molecule has 1 aromatic rings. The Morgan fingerprint density at radius 3 is 2.20 bits per heavy atom. The summed E-state index contributed by atoms with van der Waals surface area (Å²) in [5, 5.41) is 3.44. The van der Waals surface area contributed by atoms with Crippen LogP contribution >= 0.6 is 0 Å². The van der Waals surface area contributed by atoms with Crippen LogP contribution in [0.1, 0.15) is 62.5 Å². The Balaban J connectivity index is 2.74. The Kier molecular flexibility index (Phi) is 7.10. The molecule has 1 N–H and O–H groups in total. The van der Waals surface area contributed by atoms with Crippen molar-refractivity contribution in [2.24, 2.45) is 0 Å². The zero-order valence-corrected chi connectivity index (χ0v) is 13.8. The third kappa shape index (κ3) is 4.84. The number of rotatable bonds is 8. The predicted molar refractivity (Wildman–Crippen MR) is 83.0 cm³/mol. The number of hydrogen-bond donors (Lipinski definition) is 1.